The van der Waals surface area contributed by atoms with Crippen LogP contribution < -0.4 is 5.32 Å². The number of hydrogen-bond acceptors (Lipinski definition) is 5. The first kappa shape index (κ1) is 22.5. The summed E-state index contributed by atoms with van der Waals surface area (Å²) < 4.78 is 10.9. The molecule has 0 radical (unpaired) electrons. The number of nitrogens with one attached hydrogen (secondary N) is 1. The maximum atomic E-state index is 13.1. The topological polar surface area (TPSA) is 77.0 Å². The second-order valence-electron chi connectivity index (χ2n) is 8.90. The molecule has 0 fully saturated rings. The van der Waals surface area contributed by atoms with Gasteiger partial charge in [0.1, 0.15) is 6.61 Å². The quantitative estimate of drug-likeness (QED) is 0.652. The van der Waals surface area contributed by atoms with E-state index in [1.807, 2.05) is 48.7 Å². The highest BCUT2D eigenvalue weighted by atomic mass is 16.6. The number of benzene rings is 2. The predicted molar refractivity (Wildman–Crippen MR) is 121 cm³/mol. The third kappa shape index (κ3) is 5.13. The SMILES string of the molecule is CC(C)OC(=O)[C@](C)(NC(=O)OCc1ccccc1)c1ccc2c(c1)C(C)(C)CC=N2. The summed E-state index contributed by atoms with van der Waals surface area (Å²) in [6.07, 6.45) is 1.69. The van der Waals surface area contributed by atoms with Gasteiger partial charge in [0.25, 0.3) is 0 Å². The van der Waals surface area contributed by atoms with E-state index in [1.165, 1.54) is 0 Å². The van der Waals surface area contributed by atoms with Gasteiger partial charge in [-0.3, -0.25) is 4.99 Å². The molecule has 0 aliphatic carbocycles. The van der Waals surface area contributed by atoms with Gasteiger partial charge in [-0.15, -0.1) is 0 Å². The largest absolute Gasteiger partial charge is 0.461 e. The fraction of sp³-hybridized carbons (Fsp3) is 0.400. The molecule has 0 aromatic heterocycles. The van der Waals surface area contributed by atoms with Crippen molar-refractivity contribution >= 4 is 24.0 Å². The van der Waals surface area contributed by atoms with Gasteiger partial charge in [0.15, 0.2) is 5.54 Å². The van der Waals surface area contributed by atoms with Gasteiger partial charge in [0.05, 0.1) is 11.8 Å². The molecule has 2 aromatic carbocycles. The number of amides is 1. The van der Waals surface area contributed by atoms with Crippen molar-refractivity contribution in [2.45, 2.75) is 64.7 Å². The number of alkyl carbamates (subject to hydrolysis) is 1. The molecule has 31 heavy (non-hydrogen) atoms. The van der Waals surface area contributed by atoms with Crippen LogP contribution in [0.5, 0.6) is 0 Å². The van der Waals surface area contributed by atoms with Crippen molar-refractivity contribution in [3.8, 4) is 0 Å². The number of ether oxygens (including phenoxy) is 2. The van der Waals surface area contributed by atoms with Crippen LogP contribution in [-0.2, 0) is 31.8 Å². The predicted octanol–water partition coefficient (Wildman–Crippen LogP) is 5.16. The van der Waals surface area contributed by atoms with Gasteiger partial charge in [-0.1, -0.05) is 56.3 Å². The van der Waals surface area contributed by atoms with Crippen molar-refractivity contribution < 1.29 is 19.1 Å². The number of hydrogen-bond donors (Lipinski definition) is 1. The Bertz CT molecular complexity index is 982. The highest BCUT2D eigenvalue weighted by Crippen LogP contribution is 2.39. The molecule has 1 heterocycles. The lowest BCUT2D eigenvalue weighted by molar-refractivity contribution is -0.155. The molecular weight excluding hydrogens is 392 g/mol. The minimum atomic E-state index is -1.41. The minimum absolute atomic E-state index is 0.105. The van der Waals surface area contributed by atoms with Gasteiger partial charge in [-0.25, -0.2) is 9.59 Å². The zero-order valence-electron chi connectivity index (χ0n) is 18.8. The molecule has 0 saturated heterocycles. The highest BCUT2D eigenvalue weighted by molar-refractivity contribution is 5.87. The first-order chi connectivity index (χ1) is 14.6. The fourth-order valence-corrected chi connectivity index (χ4v) is 3.52. The average Bonchev–Trinajstić information content (AvgIpc) is 2.72. The Morgan fingerprint density at radius 3 is 2.55 bits per heavy atom. The van der Waals surface area contributed by atoms with Crippen LogP contribution in [0.3, 0.4) is 0 Å². The van der Waals surface area contributed by atoms with E-state index in [-0.39, 0.29) is 18.1 Å². The molecule has 1 aliphatic heterocycles. The molecule has 1 atom stereocenters. The van der Waals surface area contributed by atoms with E-state index >= 15 is 0 Å². The molecule has 6 nitrogen and oxygen atoms in total. The average molecular weight is 423 g/mol. The zero-order chi connectivity index (χ0) is 22.6. The molecule has 6 heteroatoms. The van der Waals surface area contributed by atoms with Gasteiger partial charge in [-0.05, 0) is 55.4 Å². The van der Waals surface area contributed by atoms with Crippen molar-refractivity contribution in [1.82, 2.24) is 5.32 Å². The molecular formula is C25H30N2O4. The van der Waals surface area contributed by atoms with Gasteiger partial charge >= 0.3 is 12.1 Å². The summed E-state index contributed by atoms with van der Waals surface area (Å²) in [5.74, 6) is -0.545. The van der Waals surface area contributed by atoms with E-state index in [9.17, 15) is 9.59 Å². The Balaban J connectivity index is 1.89. The van der Waals surface area contributed by atoms with E-state index in [1.54, 1.807) is 26.8 Å². The Hall–Kier alpha value is -3.15. The Morgan fingerprint density at radius 1 is 1.16 bits per heavy atom. The molecule has 1 aliphatic rings. The Kier molecular flexibility index (Phi) is 6.48. The number of carbonyl (C=O) groups excluding carboxylic acids is 2. The summed E-state index contributed by atoms with van der Waals surface area (Å²) in [5, 5.41) is 2.75. The molecule has 1 N–H and O–H groups in total. The van der Waals surface area contributed by atoms with Crippen molar-refractivity contribution in [2.24, 2.45) is 4.99 Å². The summed E-state index contributed by atoms with van der Waals surface area (Å²) in [7, 11) is 0. The molecule has 2 aromatic rings. The van der Waals surface area contributed by atoms with Crippen molar-refractivity contribution in [3.63, 3.8) is 0 Å². The fourth-order valence-electron chi connectivity index (χ4n) is 3.52. The maximum absolute atomic E-state index is 13.1. The standard InChI is InChI=1S/C25H30N2O4/c1-17(2)31-22(28)25(5,27-23(29)30-16-18-9-7-6-8-10-18)19-11-12-21-20(15-19)24(3,4)13-14-26-21/h6-12,14-15,17H,13,16H2,1-5H3,(H,27,29)/t25-/m1/s1. The van der Waals surface area contributed by atoms with Crippen LogP contribution in [0.1, 0.15) is 57.7 Å². The third-order valence-corrected chi connectivity index (χ3v) is 5.45. The number of aliphatic imine (C=N–C) groups is 1. The summed E-state index contributed by atoms with van der Waals surface area (Å²) in [6, 6.07) is 15.0. The van der Waals surface area contributed by atoms with Crippen molar-refractivity contribution in [1.29, 1.82) is 0 Å². The molecule has 164 valence electrons. The van der Waals surface area contributed by atoms with Crippen LogP contribution in [0.15, 0.2) is 53.5 Å². The molecule has 1 amide bonds. The second kappa shape index (κ2) is 8.92. The summed E-state index contributed by atoms with van der Waals surface area (Å²) >= 11 is 0. The monoisotopic (exact) mass is 422 g/mol. The molecule has 0 saturated carbocycles. The van der Waals surface area contributed by atoms with Crippen LogP contribution in [-0.4, -0.2) is 24.4 Å². The lowest BCUT2D eigenvalue weighted by Crippen LogP contribution is -2.51. The summed E-state index contributed by atoms with van der Waals surface area (Å²) in [5.41, 5.74) is 1.83. The van der Waals surface area contributed by atoms with E-state index in [0.29, 0.717) is 5.56 Å². The van der Waals surface area contributed by atoms with Crippen LogP contribution in [0.25, 0.3) is 0 Å². The van der Waals surface area contributed by atoms with Crippen LogP contribution in [0, 0.1) is 0 Å². The van der Waals surface area contributed by atoms with E-state index in [0.717, 1.165) is 23.2 Å². The van der Waals surface area contributed by atoms with Crippen molar-refractivity contribution in [2.75, 3.05) is 0 Å². The van der Waals surface area contributed by atoms with Gasteiger partial charge < -0.3 is 14.8 Å². The Labute approximate surface area is 183 Å². The second-order valence-corrected chi connectivity index (χ2v) is 8.90. The Morgan fingerprint density at radius 2 is 1.87 bits per heavy atom. The number of nitrogens with zero attached hydrogens (tertiary/aromatic N) is 1. The van der Waals surface area contributed by atoms with E-state index in [4.69, 9.17) is 9.47 Å². The van der Waals surface area contributed by atoms with Gasteiger partial charge in [-0.2, -0.15) is 0 Å². The third-order valence-electron chi connectivity index (χ3n) is 5.45. The number of rotatable bonds is 6. The number of fused-ring (bicyclic) bond motifs is 1. The molecule has 3 rings (SSSR count). The van der Waals surface area contributed by atoms with E-state index < -0.39 is 17.6 Å². The molecule has 0 unspecified atom stereocenters. The normalized spacial score (nSPS) is 16.2. The summed E-state index contributed by atoms with van der Waals surface area (Å²) in [6.45, 7) is 9.56. The minimum Gasteiger partial charge on any atom is -0.461 e. The van der Waals surface area contributed by atoms with Crippen LogP contribution in [0.4, 0.5) is 10.5 Å². The first-order valence-corrected chi connectivity index (χ1v) is 10.5. The van der Waals surface area contributed by atoms with Crippen molar-refractivity contribution in [3.05, 3.63) is 65.2 Å². The first-order valence-electron chi connectivity index (χ1n) is 10.5. The van der Waals surface area contributed by atoms with Gasteiger partial charge in [0, 0.05) is 6.21 Å². The summed E-state index contributed by atoms with van der Waals surface area (Å²) in [4.78, 5) is 30.2. The molecule has 0 spiro atoms. The lowest BCUT2D eigenvalue weighted by atomic mass is 9.77. The number of esters is 1. The van der Waals surface area contributed by atoms with Gasteiger partial charge in [0.2, 0.25) is 0 Å². The van der Waals surface area contributed by atoms with Crippen LogP contribution in [0.2, 0.25) is 0 Å². The maximum Gasteiger partial charge on any atom is 0.408 e. The smallest absolute Gasteiger partial charge is 0.408 e. The zero-order valence-corrected chi connectivity index (χ0v) is 18.8. The van der Waals surface area contributed by atoms with E-state index in [2.05, 4.69) is 24.2 Å². The highest BCUT2D eigenvalue weighted by Gasteiger charge is 2.41. The lowest BCUT2D eigenvalue weighted by Gasteiger charge is -2.33. The molecule has 0 bridgehead atoms. The number of carbonyl (C=O) groups is 2. The van der Waals surface area contributed by atoms with Crippen LogP contribution >= 0.6 is 0 Å².